The van der Waals surface area contributed by atoms with Gasteiger partial charge in [-0.05, 0) is 40.7 Å². The molecule has 0 aliphatic rings. The van der Waals surface area contributed by atoms with Crippen LogP contribution >= 0.6 is 0 Å². The van der Waals surface area contributed by atoms with Crippen LogP contribution in [0, 0.1) is 0 Å². The van der Waals surface area contributed by atoms with Crippen LogP contribution in [-0.4, -0.2) is 50.7 Å². The number of carboxylic acid groups (broad SMARTS) is 1. The monoisotopic (exact) mass is 192 g/mol. The smallest absolute Gasteiger partial charge is 0.290 e. The van der Waals surface area contributed by atoms with Crippen molar-refractivity contribution in [2.45, 2.75) is 20.3 Å². The van der Waals surface area contributed by atoms with E-state index in [1.165, 1.54) is 13.0 Å². The van der Waals surface area contributed by atoms with Gasteiger partial charge in [0.25, 0.3) is 6.47 Å². The van der Waals surface area contributed by atoms with Gasteiger partial charge in [0, 0.05) is 0 Å². The molecule has 0 bridgehead atoms. The molecule has 0 aromatic heterocycles. The molecule has 0 radical (unpaired) electrons. The Morgan fingerprint density at radius 3 is 2.00 bits per heavy atom. The van der Waals surface area contributed by atoms with E-state index in [0.29, 0.717) is 0 Å². The standard InChI is InChI=1S/C6H16N2.C2H6.CH2O2/c1-7-5-4-6-8(2)3;1-2;2-1-3/h7H,4-6H2,1-3H3;1-2H3;1H,(H,2,3). The molecule has 0 saturated heterocycles. The van der Waals surface area contributed by atoms with Crippen LogP contribution in [0.2, 0.25) is 0 Å². The molecule has 0 atom stereocenters. The Morgan fingerprint density at radius 1 is 1.38 bits per heavy atom. The first-order valence-corrected chi connectivity index (χ1v) is 4.56. The highest BCUT2D eigenvalue weighted by Gasteiger charge is 1.85. The largest absolute Gasteiger partial charge is 0.483 e. The molecular formula is C9H24N2O2. The summed E-state index contributed by atoms with van der Waals surface area (Å²) in [6.07, 6.45) is 1.24. The zero-order valence-corrected chi connectivity index (χ0v) is 9.50. The van der Waals surface area contributed by atoms with E-state index in [1.807, 2.05) is 20.9 Å². The Labute approximate surface area is 81.9 Å². The normalized spacial score (nSPS) is 7.85. The van der Waals surface area contributed by atoms with Crippen molar-refractivity contribution in [1.82, 2.24) is 10.2 Å². The average Bonchev–Trinajstić information content (AvgIpc) is 2.09. The zero-order valence-electron chi connectivity index (χ0n) is 9.50. The van der Waals surface area contributed by atoms with Crippen LogP contribution in [0.4, 0.5) is 0 Å². The lowest BCUT2D eigenvalue weighted by Gasteiger charge is -2.07. The molecule has 4 heteroatoms. The summed E-state index contributed by atoms with van der Waals surface area (Å²) in [7, 11) is 6.17. The van der Waals surface area contributed by atoms with Crippen LogP contribution in [0.5, 0.6) is 0 Å². The van der Waals surface area contributed by atoms with Gasteiger partial charge in [-0.1, -0.05) is 13.8 Å². The van der Waals surface area contributed by atoms with Crippen LogP contribution in [0.3, 0.4) is 0 Å². The first-order chi connectivity index (χ1) is 6.18. The minimum atomic E-state index is -0.250. The van der Waals surface area contributed by atoms with E-state index < -0.39 is 0 Å². The molecule has 0 aromatic carbocycles. The van der Waals surface area contributed by atoms with Gasteiger partial charge in [0.1, 0.15) is 0 Å². The minimum absolute atomic E-state index is 0.250. The molecule has 0 aliphatic carbocycles. The van der Waals surface area contributed by atoms with E-state index in [0.717, 1.165) is 6.54 Å². The minimum Gasteiger partial charge on any atom is -0.483 e. The zero-order chi connectivity index (χ0) is 11.1. The van der Waals surface area contributed by atoms with E-state index in [9.17, 15) is 0 Å². The van der Waals surface area contributed by atoms with Gasteiger partial charge >= 0.3 is 0 Å². The number of hydrogen-bond acceptors (Lipinski definition) is 3. The average molecular weight is 192 g/mol. The van der Waals surface area contributed by atoms with Gasteiger partial charge in [-0.25, -0.2) is 0 Å². The molecule has 0 unspecified atom stereocenters. The molecule has 0 rings (SSSR count). The molecule has 82 valence electrons. The Morgan fingerprint density at radius 2 is 1.77 bits per heavy atom. The second-order valence-electron chi connectivity index (χ2n) is 2.37. The van der Waals surface area contributed by atoms with E-state index in [4.69, 9.17) is 9.90 Å². The third-order valence-corrected chi connectivity index (χ3v) is 1.03. The SMILES string of the molecule is CC.CNCCCN(C)C.O=CO. The third-order valence-electron chi connectivity index (χ3n) is 1.03. The molecule has 0 amide bonds. The maximum Gasteiger partial charge on any atom is 0.290 e. The van der Waals surface area contributed by atoms with Crippen molar-refractivity contribution >= 4 is 6.47 Å². The predicted molar refractivity (Wildman–Crippen MR) is 57.1 cm³/mol. The fourth-order valence-corrected chi connectivity index (χ4v) is 0.572. The van der Waals surface area contributed by atoms with E-state index in [2.05, 4.69) is 24.3 Å². The Hall–Kier alpha value is -0.610. The van der Waals surface area contributed by atoms with Crippen molar-refractivity contribution in [2.75, 3.05) is 34.2 Å². The summed E-state index contributed by atoms with van der Waals surface area (Å²) >= 11 is 0. The van der Waals surface area contributed by atoms with Crippen molar-refractivity contribution in [3.8, 4) is 0 Å². The molecular weight excluding hydrogens is 168 g/mol. The molecule has 0 fully saturated rings. The van der Waals surface area contributed by atoms with Crippen molar-refractivity contribution < 1.29 is 9.90 Å². The van der Waals surface area contributed by atoms with Gasteiger partial charge < -0.3 is 15.3 Å². The van der Waals surface area contributed by atoms with Gasteiger partial charge in [-0.2, -0.15) is 0 Å². The third kappa shape index (κ3) is 52.1. The van der Waals surface area contributed by atoms with Crippen molar-refractivity contribution in [3.05, 3.63) is 0 Å². The van der Waals surface area contributed by atoms with Crippen LogP contribution in [0.1, 0.15) is 20.3 Å². The summed E-state index contributed by atoms with van der Waals surface area (Å²) in [5.41, 5.74) is 0. The molecule has 0 spiro atoms. The summed E-state index contributed by atoms with van der Waals surface area (Å²) in [5.74, 6) is 0. The number of nitrogens with one attached hydrogen (secondary N) is 1. The predicted octanol–water partition coefficient (Wildman–Crippen LogP) is 0.885. The van der Waals surface area contributed by atoms with Gasteiger partial charge in [0.15, 0.2) is 0 Å². The highest BCUT2D eigenvalue weighted by Crippen LogP contribution is 1.78. The highest BCUT2D eigenvalue weighted by molar-refractivity contribution is 5.32. The summed E-state index contributed by atoms with van der Waals surface area (Å²) < 4.78 is 0. The van der Waals surface area contributed by atoms with Crippen molar-refractivity contribution in [1.29, 1.82) is 0 Å². The van der Waals surface area contributed by atoms with E-state index >= 15 is 0 Å². The van der Waals surface area contributed by atoms with Crippen molar-refractivity contribution in [3.63, 3.8) is 0 Å². The second kappa shape index (κ2) is 22.5. The highest BCUT2D eigenvalue weighted by atomic mass is 16.3. The van der Waals surface area contributed by atoms with Crippen molar-refractivity contribution in [2.24, 2.45) is 0 Å². The van der Waals surface area contributed by atoms with Crippen LogP contribution in [-0.2, 0) is 4.79 Å². The first-order valence-electron chi connectivity index (χ1n) is 4.56. The van der Waals surface area contributed by atoms with E-state index in [-0.39, 0.29) is 6.47 Å². The van der Waals surface area contributed by atoms with Crippen LogP contribution in [0.15, 0.2) is 0 Å². The van der Waals surface area contributed by atoms with Gasteiger partial charge in [0.2, 0.25) is 0 Å². The van der Waals surface area contributed by atoms with Gasteiger partial charge in [-0.3, -0.25) is 4.79 Å². The molecule has 0 saturated carbocycles. The molecule has 0 aliphatic heterocycles. The number of nitrogens with zero attached hydrogens (tertiary/aromatic N) is 1. The molecule has 0 heterocycles. The number of rotatable bonds is 4. The maximum atomic E-state index is 8.36. The lowest BCUT2D eigenvalue weighted by molar-refractivity contribution is -0.122. The quantitative estimate of drug-likeness (QED) is 0.513. The summed E-state index contributed by atoms with van der Waals surface area (Å²) in [6, 6.07) is 0. The first kappa shape index (κ1) is 18.2. The molecule has 4 nitrogen and oxygen atoms in total. The number of hydrogen-bond donors (Lipinski definition) is 2. The topological polar surface area (TPSA) is 52.6 Å². The lowest BCUT2D eigenvalue weighted by atomic mass is 10.4. The summed E-state index contributed by atoms with van der Waals surface area (Å²) in [6.45, 7) is 6.05. The summed E-state index contributed by atoms with van der Waals surface area (Å²) in [4.78, 5) is 10.6. The van der Waals surface area contributed by atoms with E-state index in [1.54, 1.807) is 0 Å². The molecule has 2 N–H and O–H groups in total. The Balaban J connectivity index is -0.000000169. The maximum absolute atomic E-state index is 8.36. The van der Waals surface area contributed by atoms with Crippen LogP contribution in [0.25, 0.3) is 0 Å². The number of carbonyl (C=O) groups is 1. The Bertz CT molecular complexity index is 78.0. The fourth-order valence-electron chi connectivity index (χ4n) is 0.572. The molecule has 0 aromatic rings. The fraction of sp³-hybridized carbons (Fsp3) is 0.889. The van der Waals surface area contributed by atoms with Gasteiger partial charge in [-0.15, -0.1) is 0 Å². The van der Waals surface area contributed by atoms with Crippen LogP contribution < -0.4 is 5.32 Å². The second-order valence-corrected chi connectivity index (χ2v) is 2.37. The summed E-state index contributed by atoms with van der Waals surface area (Å²) in [5, 5.41) is 9.99. The Kier molecular flexibility index (Phi) is 31.6. The lowest BCUT2D eigenvalue weighted by Crippen LogP contribution is -2.18. The van der Waals surface area contributed by atoms with Gasteiger partial charge in [0.05, 0.1) is 0 Å². The molecule has 13 heavy (non-hydrogen) atoms.